The van der Waals surface area contributed by atoms with Crippen LogP contribution in [0.3, 0.4) is 0 Å². The summed E-state index contributed by atoms with van der Waals surface area (Å²) >= 11 is 0. The van der Waals surface area contributed by atoms with Crippen LogP contribution in [-0.4, -0.2) is 0 Å². The molecule has 0 aromatic heterocycles. The summed E-state index contributed by atoms with van der Waals surface area (Å²) in [6, 6.07) is 115. The van der Waals surface area contributed by atoms with Crippen LogP contribution >= 0.6 is 0 Å². The quantitative estimate of drug-likeness (QED) is 0.0961. The number of nitriles is 2. The molecule has 0 heterocycles. The average molecular weight is 1160 g/mol. The van der Waals surface area contributed by atoms with Crippen molar-refractivity contribution in [3.8, 4) is 56.6 Å². The van der Waals surface area contributed by atoms with Crippen LogP contribution in [0, 0.1) is 50.4 Å². The summed E-state index contributed by atoms with van der Waals surface area (Å²) in [6.07, 6.45) is 0. The number of anilines is 12. The number of nitrogens with zero attached hydrogens (tertiary/aromatic N) is 6. The van der Waals surface area contributed by atoms with Crippen LogP contribution in [0.4, 0.5) is 68.2 Å². The average Bonchev–Trinajstić information content (AvgIpc) is 0.741. The van der Waals surface area contributed by atoms with Crippen LogP contribution in [-0.2, 0) is 0 Å². The molecular formula is C84H64N6. The molecule has 0 radical (unpaired) electrons. The highest BCUT2D eigenvalue weighted by molar-refractivity contribution is 6.06. The third-order valence-electron chi connectivity index (χ3n) is 16.7. The first-order valence-electron chi connectivity index (χ1n) is 30.4. The van der Waals surface area contributed by atoms with E-state index in [1.165, 1.54) is 0 Å². The minimum Gasteiger partial charge on any atom is -0.310 e. The molecule has 13 aromatic rings. The minimum absolute atomic E-state index is 0.457. The molecule has 0 aliphatic rings. The second kappa shape index (κ2) is 25.5. The number of para-hydroxylation sites is 8. The number of aryl methyl sites for hydroxylation is 4. The fraction of sp³-hybridized carbons (Fsp3) is 0.0476. The van der Waals surface area contributed by atoms with Gasteiger partial charge in [0.2, 0.25) is 0 Å². The van der Waals surface area contributed by atoms with Crippen molar-refractivity contribution >= 4 is 68.2 Å². The van der Waals surface area contributed by atoms with Crippen LogP contribution in [0.25, 0.3) is 44.5 Å². The molecule has 90 heavy (non-hydrogen) atoms. The molecule has 0 atom stereocenters. The molecule has 430 valence electrons. The third kappa shape index (κ3) is 11.1. The largest absolute Gasteiger partial charge is 0.310 e. The lowest BCUT2D eigenvalue weighted by atomic mass is 9.77. The van der Waals surface area contributed by atoms with Gasteiger partial charge in [-0.3, -0.25) is 0 Å². The molecule has 0 unspecified atom stereocenters. The fourth-order valence-electron chi connectivity index (χ4n) is 12.7. The zero-order valence-corrected chi connectivity index (χ0v) is 50.7. The summed E-state index contributed by atoms with van der Waals surface area (Å²) in [4.78, 5) is 9.09. The molecule has 0 spiro atoms. The van der Waals surface area contributed by atoms with E-state index >= 15 is 0 Å². The topological polar surface area (TPSA) is 60.5 Å². The van der Waals surface area contributed by atoms with Crippen molar-refractivity contribution in [2.75, 3.05) is 19.6 Å². The van der Waals surface area contributed by atoms with Gasteiger partial charge in [-0.05, 0) is 218 Å². The van der Waals surface area contributed by atoms with Gasteiger partial charge in [0.05, 0.1) is 11.1 Å². The number of hydrogen-bond donors (Lipinski definition) is 0. The van der Waals surface area contributed by atoms with Gasteiger partial charge in [-0.2, -0.15) is 10.5 Å². The molecule has 0 aliphatic heterocycles. The van der Waals surface area contributed by atoms with Gasteiger partial charge < -0.3 is 19.6 Å². The monoisotopic (exact) mass is 1160 g/mol. The van der Waals surface area contributed by atoms with Gasteiger partial charge in [-0.25, -0.2) is 0 Å². The van der Waals surface area contributed by atoms with Crippen molar-refractivity contribution in [3.05, 3.63) is 349 Å². The molecule has 0 saturated carbocycles. The summed E-state index contributed by atoms with van der Waals surface area (Å²) in [6.45, 7) is 8.54. The van der Waals surface area contributed by atoms with E-state index in [0.29, 0.717) is 33.4 Å². The van der Waals surface area contributed by atoms with Gasteiger partial charge in [0, 0.05) is 90.5 Å². The molecule has 6 nitrogen and oxygen atoms in total. The second-order valence-electron chi connectivity index (χ2n) is 22.5. The molecule has 0 N–H and O–H groups in total. The number of hydrogen-bond acceptors (Lipinski definition) is 6. The van der Waals surface area contributed by atoms with Crippen molar-refractivity contribution < 1.29 is 0 Å². The smallest absolute Gasteiger partial charge is 0.100 e. The van der Waals surface area contributed by atoms with Gasteiger partial charge in [-0.1, -0.05) is 170 Å². The molecule has 6 heteroatoms. The molecule has 13 aromatic carbocycles. The predicted octanol–water partition coefficient (Wildman–Crippen LogP) is 23.2. The van der Waals surface area contributed by atoms with Crippen LogP contribution in [0.15, 0.2) is 315 Å². The van der Waals surface area contributed by atoms with Gasteiger partial charge in [-0.15, -0.1) is 0 Å². The second-order valence-corrected chi connectivity index (χ2v) is 22.5. The first kappa shape index (κ1) is 57.1. The van der Waals surface area contributed by atoms with Crippen molar-refractivity contribution in [1.82, 2.24) is 0 Å². The first-order valence-corrected chi connectivity index (χ1v) is 30.4. The van der Waals surface area contributed by atoms with Crippen LogP contribution in [0.1, 0.15) is 33.4 Å². The van der Waals surface area contributed by atoms with Crippen molar-refractivity contribution in [2.24, 2.45) is 0 Å². The Morgan fingerprint density at radius 3 is 0.500 bits per heavy atom. The van der Waals surface area contributed by atoms with Crippen molar-refractivity contribution in [1.29, 1.82) is 10.5 Å². The molecule has 0 saturated heterocycles. The molecule has 0 bridgehead atoms. The lowest BCUT2D eigenvalue weighted by molar-refractivity contribution is 1.25. The van der Waals surface area contributed by atoms with E-state index in [1.54, 1.807) is 0 Å². The van der Waals surface area contributed by atoms with Crippen LogP contribution < -0.4 is 19.6 Å². The fourth-order valence-corrected chi connectivity index (χ4v) is 12.7. The molecule has 0 amide bonds. The van der Waals surface area contributed by atoms with Gasteiger partial charge in [0.25, 0.3) is 0 Å². The summed E-state index contributed by atoms with van der Waals surface area (Å²) < 4.78 is 0. The Bertz CT molecular complexity index is 4000. The predicted molar refractivity (Wildman–Crippen MR) is 375 cm³/mol. The summed E-state index contributed by atoms with van der Waals surface area (Å²) in [5.41, 5.74) is 22.9. The van der Waals surface area contributed by atoms with E-state index in [-0.39, 0.29) is 0 Å². The molecule has 0 fully saturated rings. The highest BCUT2D eigenvalue weighted by atomic mass is 15.2. The Morgan fingerprint density at radius 1 is 0.211 bits per heavy atom. The highest BCUT2D eigenvalue weighted by Gasteiger charge is 2.31. The SMILES string of the molecule is Cc1cc(-c2c(C#N)c(-c3ccc(N(c4ccccc4)c4ccccc4)c(C)c3)c(-c3ccc(N(c4ccccc4)c4ccccc4)c(C)c3)c(C#N)c2-c2ccc(N(c3ccccc3)c3ccccc3)c(C)c2)ccc1N(c1ccccc1)c1ccccc1. The summed E-state index contributed by atoms with van der Waals surface area (Å²) in [5.74, 6) is 0. The first-order chi connectivity index (χ1) is 44.3. The Labute approximate surface area is 528 Å². The number of benzene rings is 13. The Balaban J connectivity index is 1.10. The Morgan fingerprint density at radius 2 is 0.367 bits per heavy atom. The summed E-state index contributed by atoms with van der Waals surface area (Å²) in [7, 11) is 0. The van der Waals surface area contributed by atoms with Crippen LogP contribution in [0.2, 0.25) is 0 Å². The maximum atomic E-state index is 12.4. The van der Waals surface area contributed by atoms with Gasteiger partial charge >= 0.3 is 0 Å². The van der Waals surface area contributed by atoms with E-state index < -0.39 is 0 Å². The Hall–Kier alpha value is -12.0. The maximum Gasteiger partial charge on any atom is 0.100 e. The van der Waals surface area contributed by atoms with E-state index in [1.807, 2.05) is 48.5 Å². The summed E-state index contributed by atoms with van der Waals surface area (Å²) in [5, 5.41) is 24.9. The molecular weight excluding hydrogens is 1090 g/mol. The third-order valence-corrected chi connectivity index (χ3v) is 16.7. The van der Waals surface area contributed by atoms with E-state index in [4.69, 9.17) is 0 Å². The molecule has 0 aliphatic carbocycles. The molecule has 13 rings (SSSR count). The standard InChI is InChI=1S/C84H64N6/c1-59-53-63(45-49-77(59)87(67-29-13-5-14-30-67)68-31-15-6-16-32-68)81-75(57-85)83(65-47-51-79(61(3)55-65)89(71-37-21-9-22-38-71)72-39-23-10-24-40-72)84(66-48-52-80(62(4)56-66)90(73-41-25-11-26-42-73)74-43-27-12-28-44-74)76(58-86)82(81)64-46-50-78(60(2)54-64)88(69-33-17-7-18-34-69)70-35-19-8-20-36-70/h5-56H,1-4H3. The van der Waals surface area contributed by atoms with E-state index in [9.17, 15) is 10.5 Å². The normalized spacial score (nSPS) is 10.9. The number of rotatable bonds is 16. The van der Waals surface area contributed by atoms with Crippen molar-refractivity contribution in [3.63, 3.8) is 0 Å². The zero-order valence-electron chi connectivity index (χ0n) is 50.7. The van der Waals surface area contributed by atoms with Gasteiger partial charge in [0.15, 0.2) is 0 Å². The van der Waals surface area contributed by atoms with Crippen LogP contribution in [0.5, 0.6) is 0 Å². The van der Waals surface area contributed by atoms with Gasteiger partial charge in [0.1, 0.15) is 12.1 Å². The zero-order chi connectivity index (χ0) is 61.5. The highest BCUT2D eigenvalue weighted by Crippen LogP contribution is 2.52. The van der Waals surface area contributed by atoms with Crippen molar-refractivity contribution in [2.45, 2.75) is 27.7 Å². The minimum atomic E-state index is 0.457. The Kier molecular flexibility index (Phi) is 16.2. The van der Waals surface area contributed by atoms with E-state index in [2.05, 4.69) is 326 Å². The lowest BCUT2D eigenvalue weighted by Gasteiger charge is -2.30. The lowest BCUT2D eigenvalue weighted by Crippen LogP contribution is -2.12. The van der Waals surface area contributed by atoms with E-state index in [0.717, 1.165) is 113 Å². The maximum absolute atomic E-state index is 12.4.